The van der Waals surface area contributed by atoms with Gasteiger partial charge in [-0.25, -0.2) is 4.98 Å². The molecular formula is C21H21N3O2S. The lowest BCUT2D eigenvalue weighted by Gasteiger charge is -2.13. The maximum Gasteiger partial charge on any atom is 0.248 e. The van der Waals surface area contributed by atoms with E-state index >= 15 is 0 Å². The lowest BCUT2D eigenvalue weighted by atomic mass is 10.1. The molecule has 0 aliphatic rings. The highest BCUT2D eigenvalue weighted by Gasteiger charge is 2.16. The number of nitrogens with zero attached hydrogens (tertiary/aromatic N) is 1. The Morgan fingerprint density at radius 1 is 1.07 bits per heavy atom. The Labute approximate surface area is 162 Å². The van der Waals surface area contributed by atoms with Crippen LogP contribution < -0.4 is 11.1 Å². The summed E-state index contributed by atoms with van der Waals surface area (Å²) < 4.78 is 0. The molecule has 0 bridgehead atoms. The molecule has 0 aliphatic heterocycles. The van der Waals surface area contributed by atoms with Crippen LogP contribution in [0.4, 0.5) is 5.69 Å². The zero-order chi connectivity index (χ0) is 19.6. The Kier molecular flexibility index (Phi) is 5.46. The number of aryl methyl sites for hydroxylation is 2. The van der Waals surface area contributed by atoms with Crippen molar-refractivity contribution in [1.29, 1.82) is 0 Å². The fraction of sp³-hybridized carbons (Fsp3) is 0.190. The van der Waals surface area contributed by atoms with Crippen LogP contribution in [0, 0.1) is 13.8 Å². The lowest BCUT2D eigenvalue weighted by Crippen LogP contribution is -2.22. The number of carbonyl (C=O) groups excluding carboxylic acids is 2. The number of rotatable bonds is 5. The summed E-state index contributed by atoms with van der Waals surface area (Å²) >= 11 is 1.42. The van der Waals surface area contributed by atoms with Crippen molar-refractivity contribution < 1.29 is 9.59 Å². The van der Waals surface area contributed by atoms with E-state index in [4.69, 9.17) is 10.7 Å². The Bertz CT molecular complexity index is 1020. The van der Waals surface area contributed by atoms with Gasteiger partial charge >= 0.3 is 0 Å². The summed E-state index contributed by atoms with van der Waals surface area (Å²) in [6.07, 6.45) is 0. The van der Waals surface area contributed by atoms with E-state index in [0.717, 1.165) is 27.1 Å². The number of carbonyl (C=O) groups is 2. The number of aromatic nitrogens is 1. The molecule has 0 radical (unpaired) electrons. The smallest absolute Gasteiger partial charge is 0.248 e. The first kappa shape index (κ1) is 18.9. The van der Waals surface area contributed by atoms with Gasteiger partial charge in [0.15, 0.2) is 0 Å². The maximum atomic E-state index is 12.5. The highest BCUT2D eigenvalue weighted by Crippen LogP contribution is 2.28. The average Bonchev–Trinajstić information content (AvgIpc) is 2.63. The number of nitrogens with two attached hydrogens (primary N) is 1. The topological polar surface area (TPSA) is 85.1 Å². The molecule has 0 aliphatic carbocycles. The molecule has 2 amide bonds. The summed E-state index contributed by atoms with van der Waals surface area (Å²) in [5.74, 6) is -0.624. The van der Waals surface area contributed by atoms with Crippen molar-refractivity contribution in [3.8, 4) is 0 Å². The summed E-state index contributed by atoms with van der Waals surface area (Å²) in [6, 6.07) is 14.6. The van der Waals surface area contributed by atoms with Crippen molar-refractivity contribution >= 4 is 40.2 Å². The molecule has 1 aromatic heterocycles. The predicted molar refractivity (Wildman–Crippen MR) is 110 cm³/mol. The second kappa shape index (κ2) is 7.80. The Balaban J connectivity index is 1.73. The highest BCUT2D eigenvalue weighted by molar-refractivity contribution is 8.00. The monoisotopic (exact) mass is 379 g/mol. The second-order valence-electron chi connectivity index (χ2n) is 6.44. The van der Waals surface area contributed by atoms with Gasteiger partial charge in [0.2, 0.25) is 11.8 Å². The molecule has 0 spiro atoms. The number of hydrogen-bond acceptors (Lipinski definition) is 4. The van der Waals surface area contributed by atoms with Crippen molar-refractivity contribution in [2.45, 2.75) is 31.0 Å². The number of thioether (sulfide) groups is 1. The van der Waals surface area contributed by atoms with E-state index in [1.165, 1.54) is 11.8 Å². The van der Waals surface area contributed by atoms with Crippen LogP contribution in [0.2, 0.25) is 0 Å². The van der Waals surface area contributed by atoms with Gasteiger partial charge in [-0.1, -0.05) is 30.0 Å². The zero-order valence-corrected chi connectivity index (χ0v) is 16.3. The van der Waals surface area contributed by atoms with E-state index in [2.05, 4.69) is 18.3 Å². The molecule has 3 N–H and O–H groups in total. The minimum Gasteiger partial charge on any atom is -0.366 e. The van der Waals surface area contributed by atoms with Gasteiger partial charge in [0.1, 0.15) is 0 Å². The molecule has 6 heteroatoms. The molecule has 5 nitrogen and oxygen atoms in total. The maximum absolute atomic E-state index is 12.5. The van der Waals surface area contributed by atoms with Gasteiger partial charge in [0.25, 0.3) is 0 Å². The van der Waals surface area contributed by atoms with Crippen molar-refractivity contribution in [2.75, 3.05) is 5.32 Å². The van der Waals surface area contributed by atoms with Crippen LogP contribution >= 0.6 is 11.8 Å². The third-order valence-corrected chi connectivity index (χ3v) is 5.35. The van der Waals surface area contributed by atoms with Gasteiger partial charge < -0.3 is 11.1 Å². The molecule has 1 heterocycles. The zero-order valence-electron chi connectivity index (χ0n) is 15.4. The number of benzene rings is 2. The summed E-state index contributed by atoms with van der Waals surface area (Å²) in [4.78, 5) is 28.3. The van der Waals surface area contributed by atoms with Crippen molar-refractivity contribution in [2.24, 2.45) is 5.73 Å². The fourth-order valence-corrected chi connectivity index (χ4v) is 3.70. The van der Waals surface area contributed by atoms with Crippen molar-refractivity contribution in [3.63, 3.8) is 0 Å². The number of hydrogen-bond donors (Lipinski definition) is 2. The van der Waals surface area contributed by atoms with Gasteiger partial charge in [0, 0.05) is 16.6 Å². The Morgan fingerprint density at radius 3 is 2.44 bits per heavy atom. The highest BCUT2D eigenvalue weighted by atomic mass is 32.2. The number of anilines is 1. The average molecular weight is 379 g/mol. The first-order chi connectivity index (χ1) is 12.8. The number of fused-ring (bicyclic) bond motifs is 1. The normalized spacial score (nSPS) is 12.0. The first-order valence-electron chi connectivity index (χ1n) is 8.59. The van der Waals surface area contributed by atoms with E-state index in [1.807, 2.05) is 32.0 Å². The molecule has 2 aromatic carbocycles. The van der Waals surface area contributed by atoms with E-state index in [-0.39, 0.29) is 11.2 Å². The molecule has 3 aromatic rings. The SMILES string of the molecule is Cc1cc(S[C@H](C)C(=O)Nc2ccc(C(N)=O)cc2)nc2c(C)cccc12. The summed E-state index contributed by atoms with van der Waals surface area (Å²) in [6.45, 7) is 5.94. The fourth-order valence-electron chi connectivity index (χ4n) is 2.79. The Morgan fingerprint density at radius 2 is 1.78 bits per heavy atom. The first-order valence-corrected chi connectivity index (χ1v) is 9.47. The van der Waals surface area contributed by atoms with E-state index in [0.29, 0.717) is 11.3 Å². The predicted octanol–water partition coefficient (Wildman–Crippen LogP) is 4.07. The molecule has 138 valence electrons. The van der Waals surface area contributed by atoms with Crippen LogP contribution in [0.5, 0.6) is 0 Å². The van der Waals surface area contributed by atoms with Gasteiger partial charge in [-0.3, -0.25) is 9.59 Å². The minimum atomic E-state index is -0.496. The van der Waals surface area contributed by atoms with E-state index < -0.39 is 5.91 Å². The molecular weight excluding hydrogens is 358 g/mol. The molecule has 0 saturated carbocycles. The molecule has 0 saturated heterocycles. The van der Waals surface area contributed by atoms with Crippen LogP contribution in [0.15, 0.2) is 53.6 Å². The quantitative estimate of drug-likeness (QED) is 0.655. The molecule has 0 unspecified atom stereocenters. The van der Waals surface area contributed by atoms with Crippen LogP contribution in [0.1, 0.15) is 28.4 Å². The van der Waals surface area contributed by atoms with Gasteiger partial charge in [-0.15, -0.1) is 0 Å². The molecule has 0 fully saturated rings. The van der Waals surface area contributed by atoms with E-state index in [1.54, 1.807) is 24.3 Å². The number of amides is 2. The lowest BCUT2D eigenvalue weighted by molar-refractivity contribution is -0.115. The van der Waals surface area contributed by atoms with Crippen LogP contribution in [-0.4, -0.2) is 22.0 Å². The van der Waals surface area contributed by atoms with Crippen LogP contribution in [0.3, 0.4) is 0 Å². The number of para-hydroxylation sites is 1. The summed E-state index contributed by atoms with van der Waals surface area (Å²) in [7, 11) is 0. The third-order valence-electron chi connectivity index (χ3n) is 4.33. The Hall–Kier alpha value is -2.86. The number of nitrogens with one attached hydrogen (secondary N) is 1. The van der Waals surface area contributed by atoms with Gasteiger partial charge in [-0.2, -0.15) is 0 Å². The second-order valence-corrected chi connectivity index (χ2v) is 7.80. The summed E-state index contributed by atoms with van der Waals surface area (Å²) in [5.41, 5.74) is 9.47. The van der Waals surface area contributed by atoms with E-state index in [9.17, 15) is 9.59 Å². The minimum absolute atomic E-state index is 0.129. The number of primary amides is 1. The largest absolute Gasteiger partial charge is 0.366 e. The van der Waals surface area contributed by atoms with Crippen LogP contribution in [-0.2, 0) is 4.79 Å². The molecule has 3 rings (SSSR count). The van der Waals surface area contributed by atoms with Gasteiger partial charge in [-0.05, 0) is 62.2 Å². The summed E-state index contributed by atoms with van der Waals surface area (Å²) in [5, 5.41) is 4.48. The molecule has 27 heavy (non-hydrogen) atoms. The molecule has 1 atom stereocenters. The number of pyridine rings is 1. The van der Waals surface area contributed by atoms with Crippen LogP contribution in [0.25, 0.3) is 10.9 Å². The van der Waals surface area contributed by atoms with Crippen molar-refractivity contribution in [3.05, 3.63) is 65.2 Å². The van der Waals surface area contributed by atoms with Crippen molar-refractivity contribution in [1.82, 2.24) is 4.98 Å². The third kappa shape index (κ3) is 4.28. The van der Waals surface area contributed by atoms with Gasteiger partial charge in [0.05, 0.1) is 15.8 Å². The standard InChI is InChI=1S/C21H21N3O2S/c1-12-5-4-6-17-13(2)11-18(24-19(12)17)27-14(3)21(26)23-16-9-7-15(8-10-16)20(22)25/h4-11,14H,1-3H3,(H2,22,25)(H,23,26)/t14-/m1/s1.